The van der Waals surface area contributed by atoms with Gasteiger partial charge < -0.3 is 14.7 Å². The van der Waals surface area contributed by atoms with Crippen molar-refractivity contribution in [3.05, 3.63) is 48.2 Å². The van der Waals surface area contributed by atoms with Crippen molar-refractivity contribution in [2.75, 3.05) is 0 Å². The number of hydrogen-bond acceptors (Lipinski definition) is 3. The maximum absolute atomic E-state index is 12.1. The zero-order valence-electron chi connectivity index (χ0n) is 15.5. The van der Waals surface area contributed by atoms with Crippen LogP contribution in [0, 0.1) is 5.92 Å². The Morgan fingerprint density at radius 3 is 2.25 bits per heavy atom. The number of ether oxygens (including phenoxy) is 1. The minimum Gasteiger partial charge on any atom is -0.418 e. The molecular weight excluding hydrogens is 302 g/mol. The molecule has 0 fully saturated rings. The number of carbonyl (C=O) groups is 1. The molecule has 0 saturated carbocycles. The number of nitrogens with zero attached hydrogens (tertiary/aromatic N) is 1. The van der Waals surface area contributed by atoms with E-state index in [1.165, 1.54) is 11.8 Å². The van der Waals surface area contributed by atoms with Gasteiger partial charge in [-0.25, -0.2) is 4.79 Å². The SMILES string of the molecule is CC(C)N(C(=O)O/C=C\[C@H](C)[C@H](O)CCc1ccccc1)C(C)C. The molecule has 2 atom stereocenters. The second-order valence-electron chi connectivity index (χ2n) is 6.76. The quantitative estimate of drug-likeness (QED) is 0.718. The van der Waals surface area contributed by atoms with E-state index in [-0.39, 0.29) is 24.1 Å². The normalized spacial score (nSPS) is 14.2. The molecule has 0 aliphatic rings. The number of aliphatic hydroxyl groups excluding tert-OH is 1. The summed E-state index contributed by atoms with van der Waals surface area (Å²) in [7, 11) is 0. The first-order chi connectivity index (χ1) is 11.3. The molecular formula is C20H31NO3. The number of aliphatic hydroxyl groups is 1. The fourth-order valence-corrected chi connectivity index (χ4v) is 2.65. The number of aryl methyl sites for hydroxylation is 1. The molecule has 0 aromatic heterocycles. The Balaban J connectivity index is 2.43. The summed E-state index contributed by atoms with van der Waals surface area (Å²) in [5, 5.41) is 10.2. The second kappa shape index (κ2) is 10.1. The minimum absolute atomic E-state index is 0.0759. The van der Waals surface area contributed by atoms with Gasteiger partial charge in [0, 0.05) is 18.0 Å². The number of hydrogen-bond donors (Lipinski definition) is 1. The van der Waals surface area contributed by atoms with Crippen LogP contribution in [-0.4, -0.2) is 34.3 Å². The zero-order chi connectivity index (χ0) is 18.1. The Bertz CT molecular complexity index is 503. The van der Waals surface area contributed by atoms with Gasteiger partial charge in [0.25, 0.3) is 0 Å². The molecule has 0 bridgehead atoms. The third-order valence-corrected chi connectivity index (χ3v) is 4.05. The van der Waals surface area contributed by atoms with E-state index < -0.39 is 6.10 Å². The van der Waals surface area contributed by atoms with E-state index in [0.29, 0.717) is 6.42 Å². The first-order valence-electron chi connectivity index (χ1n) is 8.70. The van der Waals surface area contributed by atoms with Crippen LogP contribution in [0.3, 0.4) is 0 Å². The highest BCUT2D eigenvalue weighted by atomic mass is 16.5. The lowest BCUT2D eigenvalue weighted by Crippen LogP contribution is -2.41. The van der Waals surface area contributed by atoms with Gasteiger partial charge in [0.15, 0.2) is 0 Å². The molecule has 4 heteroatoms. The van der Waals surface area contributed by atoms with Crippen molar-refractivity contribution >= 4 is 6.09 Å². The molecule has 0 saturated heterocycles. The van der Waals surface area contributed by atoms with Crippen LogP contribution in [-0.2, 0) is 11.2 Å². The molecule has 0 heterocycles. The van der Waals surface area contributed by atoms with Gasteiger partial charge in [-0.3, -0.25) is 0 Å². The van der Waals surface area contributed by atoms with Gasteiger partial charge in [0.05, 0.1) is 12.4 Å². The molecule has 0 spiro atoms. The van der Waals surface area contributed by atoms with Crippen LogP contribution in [0.1, 0.15) is 46.6 Å². The molecule has 1 amide bonds. The minimum atomic E-state index is -0.466. The molecule has 0 unspecified atom stereocenters. The molecule has 1 rings (SSSR count). The lowest BCUT2D eigenvalue weighted by atomic mass is 9.98. The third kappa shape index (κ3) is 6.75. The van der Waals surface area contributed by atoms with Gasteiger partial charge in [-0.2, -0.15) is 0 Å². The molecule has 4 nitrogen and oxygen atoms in total. The number of rotatable bonds is 8. The van der Waals surface area contributed by atoms with Crippen LogP contribution in [0.4, 0.5) is 4.79 Å². The summed E-state index contributed by atoms with van der Waals surface area (Å²) in [5.41, 5.74) is 1.21. The van der Waals surface area contributed by atoms with E-state index in [0.717, 1.165) is 6.42 Å². The number of benzene rings is 1. The Kier molecular flexibility index (Phi) is 8.55. The summed E-state index contributed by atoms with van der Waals surface area (Å²) in [6, 6.07) is 10.3. The second-order valence-corrected chi connectivity index (χ2v) is 6.76. The van der Waals surface area contributed by atoms with Gasteiger partial charge in [-0.1, -0.05) is 37.3 Å². The van der Waals surface area contributed by atoms with Gasteiger partial charge in [-0.15, -0.1) is 0 Å². The Hall–Kier alpha value is -1.81. The van der Waals surface area contributed by atoms with Crippen LogP contribution in [0.2, 0.25) is 0 Å². The molecule has 0 aliphatic carbocycles. The average Bonchev–Trinajstić information content (AvgIpc) is 2.52. The predicted molar refractivity (Wildman–Crippen MR) is 97.7 cm³/mol. The van der Waals surface area contributed by atoms with E-state index in [1.807, 2.05) is 52.8 Å². The molecule has 24 heavy (non-hydrogen) atoms. The molecule has 134 valence electrons. The zero-order valence-corrected chi connectivity index (χ0v) is 15.5. The van der Waals surface area contributed by atoms with Gasteiger partial charge in [-0.05, 0) is 52.2 Å². The monoisotopic (exact) mass is 333 g/mol. The number of carbonyl (C=O) groups excluding carboxylic acids is 1. The summed E-state index contributed by atoms with van der Waals surface area (Å²) < 4.78 is 5.21. The molecule has 1 aromatic rings. The summed E-state index contributed by atoms with van der Waals surface area (Å²) in [5.74, 6) is -0.0759. The maximum atomic E-state index is 12.1. The van der Waals surface area contributed by atoms with E-state index in [1.54, 1.807) is 11.0 Å². The Labute approximate surface area is 146 Å². The van der Waals surface area contributed by atoms with Crippen LogP contribution in [0.5, 0.6) is 0 Å². The van der Waals surface area contributed by atoms with Crippen LogP contribution in [0.15, 0.2) is 42.7 Å². The van der Waals surface area contributed by atoms with Gasteiger partial charge >= 0.3 is 6.09 Å². The van der Waals surface area contributed by atoms with Gasteiger partial charge in [0.1, 0.15) is 0 Å². The predicted octanol–water partition coefficient (Wildman–Crippen LogP) is 4.39. The molecule has 0 radical (unpaired) electrons. The first kappa shape index (κ1) is 20.2. The molecule has 1 N–H and O–H groups in total. The fraction of sp³-hybridized carbons (Fsp3) is 0.550. The largest absolute Gasteiger partial charge is 0.418 e. The highest BCUT2D eigenvalue weighted by Crippen LogP contribution is 2.13. The summed E-state index contributed by atoms with van der Waals surface area (Å²) in [4.78, 5) is 13.8. The number of amides is 1. The highest BCUT2D eigenvalue weighted by molar-refractivity contribution is 5.68. The van der Waals surface area contributed by atoms with Crippen LogP contribution >= 0.6 is 0 Å². The van der Waals surface area contributed by atoms with Crippen molar-refractivity contribution in [1.82, 2.24) is 4.90 Å². The van der Waals surface area contributed by atoms with E-state index >= 15 is 0 Å². The first-order valence-corrected chi connectivity index (χ1v) is 8.70. The standard InChI is InChI=1S/C20H31NO3/c1-15(2)21(16(3)4)20(23)24-14-13-17(5)19(22)12-11-18-9-7-6-8-10-18/h6-10,13-17,19,22H,11-12H2,1-5H3/b14-13-/t17-,19+/m0/s1. The maximum Gasteiger partial charge on any atom is 0.415 e. The lowest BCUT2D eigenvalue weighted by molar-refractivity contribution is 0.106. The van der Waals surface area contributed by atoms with Crippen molar-refractivity contribution in [3.63, 3.8) is 0 Å². The Morgan fingerprint density at radius 2 is 1.71 bits per heavy atom. The topological polar surface area (TPSA) is 49.8 Å². The third-order valence-electron chi connectivity index (χ3n) is 4.05. The summed E-state index contributed by atoms with van der Waals surface area (Å²) in [6.07, 6.45) is 3.82. The Morgan fingerprint density at radius 1 is 1.12 bits per heavy atom. The van der Waals surface area contributed by atoms with Crippen LogP contribution < -0.4 is 0 Å². The van der Waals surface area contributed by atoms with Crippen molar-refractivity contribution in [3.8, 4) is 0 Å². The van der Waals surface area contributed by atoms with E-state index in [4.69, 9.17) is 4.74 Å². The van der Waals surface area contributed by atoms with Crippen molar-refractivity contribution in [2.45, 2.75) is 65.6 Å². The molecule has 0 aliphatic heterocycles. The van der Waals surface area contributed by atoms with E-state index in [2.05, 4.69) is 12.1 Å². The average molecular weight is 333 g/mol. The lowest BCUT2D eigenvalue weighted by Gasteiger charge is -2.29. The van der Waals surface area contributed by atoms with Crippen LogP contribution in [0.25, 0.3) is 0 Å². The van der Waals surface area contributed by atoms with E-state index in [9.17, 15) is 9.90 Å². The van der Waals surface area contributed by atoms with Crippen molar-refractivity contribution in [1.29, 1.82) is 0 Å². The fourth-order valence-electron chi connectivity index (χ4n) is 2.65. The smallest absolute Gasteiger partial charge is 0.415 e. The van der Waals surface area contributed by atoms with Crippen molar-refractivity contribution in [2.24, 2.45) is 5.92 Å². The van der Waals surface area contributed by atoms with Gasteiger partial charge in [0.2, 0.25) is 0 Å². The summed E-state index contributed by atoms with van der Waals surface area (Å²) >= 11 is 0. The summed E-state index contributed by atoms with van der Waals surface area (Å²) in [6.45, 7) is 9.76. The highest BCUT2D eigenvalue weighted by Gasteiger charge is 2.21. The van der Waals surface area contributed by atoms with Crippen molar-refractivity contribution < 1.29 is 14.6 Å². The molecule has 1 aromatic carbocycles.